The molecule has 88 valence electrons. The number of hydrogen-bond acceptors (Lipinski definition) is 2. The van der Waals surface area contributed by atoms with Crippen LogP contribution in [0.15, 0.2) is 60.9 Å². The molecule has 0 spiro atoms. The third-order valence-electron chi connectivity index (χ3n) is 2.69. The number of rotatable bonds is 2. The number of ether oxygens (including phenoxy) is 1. The second-order valence-corrected chi connectivity index (χ2v) is 3.91. The van der Waals surface area contributed by atoms with Crippen molar-refractivity contribution >= 4 is 10.8 Å². The van der Waals surface area contributed by atoms with Gasteiger partial charge < -0.3 is 4.74 Å². The molecule has 0 saturated heterocycles. The van der Waals surface area contributed by atoms with Crippen LogP contribution in [-0.2, 0) is 0 Å². The van der Waals surface area contributed by atoms with E-state index in [4.69, 9.17) is 4.74 Å². The average molecular weight is 239 g/mol. The van der Waals surface area contributed by atoms with Gasteiger partial charge in [-0.3, -0.25) is 4.98 Å². The third-order valence-corrected chi connectivity index (χ3v) is 2.69. The maximum absolute atomic E-state index is 12.8. The second kappa shape index (κ2) is 4.45. The van der Waals surface area contributed by atoms with Gasteiger partial charge in [0.1, 0.15) is 17.3 Å². The summed E-state index contributed by atoms with van der Waals surface area (Å²) in [4.78, 5) is 4.09. The van der Waals surface area contributed by atoms with E-state index in [9.17, 15) is 4.39 Å². The van der Waals surface area contributed by atoms with E-state index in [-0.39, 0.29) is 5.82 Å². The molecule has 3 rings (SSSR count). The van der Waals surface area contributed by atoms with E-state index in [1.165, 1.54) is 12.1 Å². The van der Waals surface area contributed by atoms with E-state index >= 15 is 0 Å². The molecule has 2 aromatic carbocycles. The molecule has 3 heteroatoms. The molecule has 0 bridgehead atoms. The first-order chi connectivity index (χ1) is 8.83. The topological polar surface area (TPSA) is 22.1 Å². The summed E-state index contributed by atoms with van der Waals surface area (Å²) in [6, 6.07) is 13.7. The minimum Gasteiger partial charge on any atom is -0.457 e. The first-order valence-electron chi connectivity index (χ1n) is 5.59. The predicted octanol–water partition coefficient (Wildman–Crippen LogP) is 4.17. The van der Waals surface area contributed by atoms with Crippen LogP contribution >= 0.6 is 0 Å². The van der Waals surface area contributed by atoms with E-state index in [2.05, 4.69) is 4.98 Å². The number of fused-ring (bicyclic) bond motifs is 1. The minimum atomic E-state index is -0.276. The predicted molar refractivity (Wildman–Crippen MR) is 68.2 cm³/mol. The Bertz CT molecular complexity index is 674. The van der Waals surface area contributed by atoms with Gasteiger partial charge in [0.05, 0.1) is 0 Å². The van der Waals surface area contributed by atoms with Crippen LogP contribution < -0.4 is 4.74 Å². The molecule has 3 aromatic rings. The summed E-state index contributed by atoms with van der Waals surface area (Å²) >= 11 is 0. The van der Waals surface area contributed by atoms with Gasteiger partial charge in [0.2, 0.25) is 0 Å². The lowest BCUT2D eigenvalue weighted by Crippen LogP contribution is -1.86. The second-order valence-electron chi connectivity index (χ2n) is 3.91. The highest BCUT2D eigenvalue weighted by Crippen LogP contribution is 2.29. The van der Waals surface area contributed by atoms with Crippen molar-refractivity contribution in [1.82, 2.24) is 4.98 Å². The normalized spacial score (nSPS) is 10.5. The third kappa shape index (κ3) is 2.02. The van der Waals surface area contributed by atoms with Crippen molar-refractivity contribution in [1.29, 1.82) is 0 Å². The summed E-state index contributed by atoms with van der Waals surface area (Å²) in [6.45, 7) is 0. The quantitative estimate of drug-likeness (QED) is 0.669. The molecule has 0 N–H and O–H groups in total. The number of benzene rings is 2. The zero-order valence-corrected chi connectivity index (χ0v) is 9.51. The van der Waals surface area contributed by atoms with Gasteiger partial charge in [0.25, 0.3) is 0 Å². The van der Waals surface area contributed by atoms with Crippen LogP contribution in [0.3, 0.4) is 0 Å². The molecule has 1 aromatic heterocycles. The van der Waals surface area contributed by atoms with E-state index < -0.39 is 0 Å². The fourth-order valence-corrected chi connectivity index (χ4v) is 1.80. The summed E-state index contributed by atoms with van der Waals surface area (Å²) in [6.07, 6.45) is 3.50. The first kappa shape index (κ1) is 10.7. The molecular weight excluding hydrogens is 229 g/mol. The molecule has 0 radical (unpaired) electrons. The number of halogens is 1. The standard InChI is InChI=1S/C15H10FNO/c16-12-4-6-13(7-5-12)18-15-3-1-2-11-8-9-17-10-14(11)15/h1-10H. The van der Waals surface area contributed by atoms with Crippen molar-refractivity contribution in [2.75, 3.05) is 0 Å². The van der Waals surface area contributed by atoms with Gasteiger partial charge in [-0.1, -0.05) is 12.1 Å². The summed E-state index contributed by atoms with van der Waals surface area (Å²) in [7, 11) is 0. The van der Waals surface area contributed by atoms with Crippen LogP contribution in [0.2, 0.25) is 0 Å². The Morgan fingerprint density at radius 3 is 2.61 bits per heavy atom. The summed E-state index contributed by atoms with van der Waals surface area (Å²) < 4.78 is 18.6. The molecule has 2 nitrogen and oxygen atoms in total. The lowest BCUT2D eigenvalue weighted by molar-refractivity contribution is 0.486. The monoisotopic (exact) mass is 239 g/mol. The highest BCUT2D eigenvalue weighted by Gasteiger charge is 2.03. The van der Waals surface area contributed by atoms with E-state index in [1.807, 2.05) is 24.3 Å². The Morgan fingerprint density at radius 1 is 0.944 bits per heavy atom. The minimum absolute atomic E-state index is 0.276. The Labute approximate surface area is 104 Å². The Morgan fingerprint density at radius 2 is 1.78 bits per heavy atom. The molecule has 18 heavy (non-hydrogen) atoms. The fraction of sp³-hybridized carbons (Fsp3) is 0. The van der Waals surface area contributed by atoms with Gasteiger partial charge in [0.15, 0.2) is 0 Å². The smallest absolute Gasteiger partial charge is 0.136 e. The van der Waals surface area contributed by atoms with Crippen molar-refractivity contribution in [2.45, 2.75) is 0 Å². The van der Waals surface area contributed by atoms with Crippen molar-refractivity contribution in [3.63, 3.8) is 0 Å². The Kier molecular flexibility index (Phi) is 2.65. The summed E-state index contributed by atoms with van der Waals surface area (Å²) in [5.74, 6) is 1.04. The Hall–Kier alpha value is -2.42. The van der Waals surface area contributed by atoms with Crippen LogP contribution in [0.25, 0.3) is 10.8 Å². The maximum Gasteiger partial charge on any atom is 0.136 e. The van der Waals surface area contributed by atoms with Crippen molar-refractivity contribution in [3.8, 4) is 11.5 Å². The average Bonchev–Trinajstić information content (AvgIpc) is 2.42. The highest BCUT2D eigenvalue weighted by atomic mass is 19.1. The zero-order chi connectivity index (χ0) is 12.4. The SMILES string of the molecule is Fc1ccc(Oc2cccc3ccncc23)cc1. The number of aromatic nitrogens is 1. The van der Waals surface area contributed by atoms with E-state index in [1.54, 1.807) is 24.5 Å². The van der Waals surface area contributed by atoms with Gasteiger partial charge in [-0.05, 0) is 41.8 Å². The summed E-state index contributed by atoms with van der Waals surface area (Å²) in [5.41, 5.74) is 0. The number of pyridine rings is 1. The van der Waals surface area contributed by atoms with Crippen LogP contribution in [0.5, 0.6) is 11.5 Å². The van der Waals surface area contributed by atoms with E-state index in [0.717, 1.165) is 10.8 Å². The molecule has 0 aliphatic carbocycles. The number of hydrogen-bond donors (Lipinski definition) is 0. The van der Waals surface area contributed by atoms with Gasteiger partial charge in [-0.15, -0.1) is 0 Å². The van der Waals surface area contributed by atoms with Crippen molar-refractivity contribution in [2.24, 2.45) is 0 Å². The van der Waals surface area contributed by atoms with Gasteiger partial charge in [-0.2, -0.15) is 0 Å². The fourth-order valence-electron chi connectivity index (χ4n) is 1.80. The lowest BCUT2D eigenvalue weighted by atomic mass is 10.1. The van der Waals surface area contributed by atoms with E-state index in [0.29, 0.717) is 11.5 Å². The molecule has 0 unspecified atom stereocenters. The van der Waals surface area contributed by atoms with Crippen LogP contribution in [0.4, 0.5) is 4.39 Å². The first-order valence-corrected chi connectivity index (χ1v) is 5.59. The molecule has 0 amide bonds. The highest BCUT2D eigenvalue weighted by molar-refractivity contribution is 5.87. The zero-order valence-electron chi connectivity index (χ0n) is 9.51. The van der Waals surface area contributed by atoms with Crippen LogP contribution in [0.1, 0.15) is 0 Å². The van der Waals surface area contributed by atoms with Gasteiger partial charge >= 0.3 is 0 Å². The van der Waals surface area contributed by atoms with Crippen LogP contribution in [0, 0.1) is 5.82 Å². The van der Waals surface area contributed by atoms with Crippen LogP contribution in [-0.4, -0.2) is 4.98 Å². The molecule has 0 aliphatic heterocycles. The molecule has 0 fully saturated rings. The maximum atomic E-state index is 12.8. The molecule has 0 atom stereocenters. The largest absolute Gasteiger partial charge is 0.457 e. The molecule has 0 aliphatic rings. The van der Waals surface area contributed by atoms with Crippen molar-refractivity contribution in [3.05, 3.63) is 66.7 Å². The summed E-state index contributed by atoms with van der Waals surface area (Å²) in [5, 5.41) is 1.99. The van der Waals surface area contributed by atoms with Crippen molar-refractivity contribution < 1.29 is 9.13 Å². The molecule has 0 saturated carbocycles. The lowest BCUT2D eigenvalue weighted by Gasteiger charge is -2.08. The van der Waals surface area contributed by atoms with Gasteiger partial charge in [-0.25, -0.2) is 4.39 Å². The Balaban J connectivity index is 2.02. The molecular formula is C15H10FNO. The van der Waals surface area contributed by atoms with Gasteiger partial charge in [0, 0.05) is 17.8 Å². The number of nitrogens with zero attached hydrogens (tertiary/aromatic N) is 1. The molecule has 1 heterocycles.